The molecule has 1 N–H and O–H groups in total. The Hall–Kier alpha value is -1.00. The molecule has 0 aromatic heterocycles. The minimum absolute atomic E-state index is 0.113. The molecular formula is C14H19NO2S. The van der Waals surface area contributed by atoms with Gasteiger partial charge in [-0.25, -0.2) is 0 Å². The van der Waals surface area contributed by atoms with E-state index in [4.69, 9.17) is 14.9 Å². The second-order valence-corrected chi connectivity index (χ2v) is 5.31. The van der Waals surface area contributed by atoms with Gasteiger partial charge in [0.25, 0.3) is 0 Å². The van der Waals surface area contributed by atoms with Crippen molar-refractivity contribution in [1.82, 2.24) is 0 Å². The van der Waals surface area contributed by atoms with Gasteiger partial charge in [-0.3, -0.25) is 5.41 Å². The maximum atomic E-state index is 7.84. The van der Waals surface area contributed by atoms with E-state index < -0.39 is 0 Å². The smallest absolute Gasteiger partial charge is 0.125 e. The van der Waals surface area contributed by atoms with Crippen molar-refractivity contribution < 1.29 is 9.47 Å². The second kappa shape index (κ2) is 5.76. The van der Waals surface area contributed by atoms with Crippen molar-refractivity contribution in [2.45, 2.75) is 32.0 Å². The number of aryl methyl sites for hydroxylation is 1. The molecular weight excluding hydrogens is 246 g/mol. The first-order valence-electron chi connectivity index (χ1n) is 6.11. The van der Waals surface area contributed by atoms with Crippen LogP contribution in [0, 0.1) is 5.41 Å². The third kappa shape index (κ3) is 2.70. The number of methoxy groups -OCH3 is 1. The summed E-state index contributed by atoms with van der Waals surface area (Å²) >= 11 is 1.46. The summed E-state index contributed by atoms with van der Waals surface area (Å²) in [6.07, 6.45) is 4.13. The fourth-order valence-corrected chi connectivity index (χ4v) is 2.51. The highest BCUT2D eigenvalue weighted by Gasteiger charge is 2.25. The van der Waals surface area contributed by atoms with Crippen molar-refractivity contribution in [2.24, 2.45) is 0 Å². The normalized spacial score (nSPS) is 19.8. The molecule has 0 saturated carbocycles. The second-order valence-electron chi connectivity index (χ2n) is 4.49. The van der Waals surface area contributed by atoms with Gasteiger partial charge >= 0.3 is 0 Å². The molecule has 0 spiro atoms. The summed E-state index contributed by atoms with van der Waals surface area (Å²) < 4.78 is 11.3. The SMILES string of the molecule is CO[C@@H](C)[C@H]1CCc2cc(C(=N)SC)ccc2O1. The van der Waals surface area contributed by atoms with Crippen LogP contribution in [0.3, 0.4) is 0 Å². The Morgan fingerprint density at radius 3 is 3.00 bits per heavy atom. The molecule has 2 atom stereocenters. The topological polar surface area (TPSA) is 42.3 Å². The highest BCUT2D eigenvalue weighted by molar-refractivity contribution is 8.13. The lowest BCUT2D eigenvalue weighted by Gasteiger charge is -2.29. The molecule has 0 aliphatic carbocycles. The average molecular weight is 265 g/mol. The number of ether oxygens (including phenoxy) is 2. The van der Waals surface area contributed by atoms with Crippen LogP contribution >= 0.6 is 11.8 Å². The van der Waals surface area contributed by atoms with E-state index in [1.165, 1.54) is 17.3 Å². The lowest BCUT2D eigenvalue weighted by atomic mass is 9.98. The molecule has 2 rings (SSSR count). The van der Waals surface area contributed by atoms with E-state index in [1.54, 1.807) is 7.11 Å². The Morgan fingerprint density at radius 2 is 2.33 bits per heavy atom. The van der Waals surface area contributed by atoms with Crippen LogP contribution in [-0.2, 0) is 11.2 Å². The number of benzene rings is 1. The summed E-state index contributed by atoms with van der Waals surface area (Å²) in [7, 11) is 1.71. The molecule has 1 heterocycles. The van der Waals surface area contributed by atoms with Crippen LogP contribution in [0.4, 0.5) is 0 Å². The molecule has 18 heavy (non-hydrogen) atoms. The quantitative estimate of drug-likeness (QED) is 0.674. The van der Waals surface area contributed by atoms with E-state index in [1.807, 2.05) is 25.3 Å². The molecule has 0 unspecified atom stereocenters. The molecule has 0 bridgehead atoms. The largest absolute Gasteiger partial charge is 0.487 e. The van der Waals surface area contributed by atoms with Crippen LogP contribution in [0.15, 0.2) is 18.2 Å². The van der Waals surface area contributed by atoms with Crippen LogP contribution in [0.5, 0.6) is 5.75 Å². The van der Waals surface area contributed by atoms with Crippen LogP contribution < -0.4 is 4.74 Å². The number of rotatable bonds is 3. The Bertz CT molecular complexity index is 447. The van der Waals surface area contributed by atoms with Gasteiger partial charge in [0.2, 0.25) is 0 Å². The highest BCUT2D eigenvalue weighted by atomic mass is 32.2. The summed E-state index contributed by atoms with van der Waals surface area (Å²) in [6, 6.07) is 6.00. The molecule has 98 valence electrons. The zero-order valence-corrected chi connectivity index (χ0v) is 11.8. The van der Waals surface area contributed by atoms with Gasteiger partial charge in [-0.2, -0.15) is 0 Å². The standard InChI is InChI=1S/C14H19NO2S/c1-9(16-2)12-6-4-10-8-11(14(15)18-3)5-7-13(10)17-12/h5,7-9,12,15H,4,6H2,1-3H3/t9-,12+/m0/s1. The first-order chi connectivity index (χ1) is 8.65. The fourth-order valence-electron chi connectivity index (χ4n) is 2.15. The molecule has 0 fully saturated rings. The van der Waals surface area contributed by atoms with E-state index in [2.05, 4.69) is 6.07 Å². The third-order valence-electron chi connectivity index (χ3n) is 3.40. The number of fused-ring (bicyclic) bond motifs is 1. The molecule has 1 aromatic carbocycles. The Balaban J connectivity index is 2.18. The van der Waals surface area contributed by atoms with E-state index in [-0.39, 0.29) is 12.2 Å². The molecule has 0 saturated heterocycles. The van der Waals surface area contributed by atoms with E-state index in [0.29, 0.717) is 5.04 Å². The lowest BCUT2D eigenvalue weighted by Crippen LogP contribution is -2.34. The number of hydrogen-bond donors (Lipinski definition) is 1. The summed E-state index contributed by atoms with van der Waals surface area (Å²) in [5.41, 5.74) is 2.17. The molecule has 0 radical (unpaired) electrons. The summed E-state index contributed by atoms with van der Waals surface area (Å²) in [6.45, 7) is 2.04. The summed E-state index contributed by atoms with van der Waals surface area (Å²) in [5.74, 6) is 0.938. The van der Waals surface area contributed by atoms with E-state index in [0.717, 1.165) is 24.2 Å². The van der Waals surface area contributed by atoms with Crippen molar-refractivity contribution in [3.05, 3.63) is 29.3 Å². The van der Waals surface area contributed by atoms with E-state index >= 15 is 0 Å². The van der Waals surface area contributed by atoms with Crippen molar-refractivity contribution in [3.8, 4) is 5.75 Å². The van der Waals surface area contributed by atoms with Gasteiger partial charge in [0.15, 0.2) is 0 Å². The Kier molecular flexibility index (Phi) is 4.30. The van der Waals surface area contributed by atoms with Crippen molar-refractivity contribution >= 4 is 16.8 Å². The van der Waals surface area contributed by atoms with Crippen molar-refractivity contribution in [3.63, 3.8) is 0 Å². The summed E-state index contributed by atoms with van der Waals surface area (Å²) in [4.78, 5) is 0. The first kappa shape index (κ1) is 13.4. The van der Waals surface area contributed by atoms with Crippen LogP contribution in [0.1, 0.15) is 24.5 Å². The lowest BCUT2D eigenvalue weighted by molar-refractivity contribution is 0.00404. The first-order valence-corrected chi connectivity index (χ1v) is 7.33. The Morgan fingerprint density at radius 1 is 1.56 bits per heavy atom. The number of hydrogen-bond acceptors (Lipinski definition) is 4. The van der Waals surface area contributed by atoms with Gasteiger partial charge in [0.1, 0.15) is 11.9 Å². The van der Waals surface area contributed by atoms with E-state index in [9.17, 15) is 0 Å². The fraction of sp³-hybridized carbons (Fsp3) is 0.500. The minimum atomic E-state index is 0.113. The van der Waals surface area contributed by atoms with Gasteiger partial charge < -0.3 is 9.47 Å². The van der Waals surface area contributed by atoms with Gasteiger partial charge in [0.05, 0.1) is 11.1 Å². The van der Waals surface area contributed by atoms with Gasteiger partial charge in [-0.1, -0.05) is 0 Å². The van der Waals surface area contributed by atoms with Crippen LogP contribution in [0.25, 0.3) is 0 Å². The molecule has 1 aliphatic rings. The summed E-state index contributed by atoms with van der Waals surface area (Å²) in [5, 5.41) is 8.44. The van der Waals surface area contributed by atoms with Crippen molar-refractivity contribution in [1.29, 1.82) is 5.41 Å². The third-order valence-corrected chi connectivity index (χ3v) is 4.04. The molecule has 0 amide bonds. The molecule has 3 nitrogen and oxygen atoms in total. The zero-order valence-electron chi connectivity index (χ0n) is 11.0. The van der Waals surface area contributed by atoms with Gasteiger partial charge in [-0.05, 0) is 49.8 Å². The maximum Gasteiger partial charge on any atom is 0.125 e. The average Bonchev–Trinajstić information content (AvgIpc) is 2.44. The number of nitrogens with one attached hydrogen (secondary N) is 1. The van der Waals surface area contributed by atoms with Crippen LogP contribution in [-0.4, -0.2) is 30.6 Å². The highest BCUT2D eigenvalue weighted by Crippen LogP contribution is 2.30. The predicted molar refractivity (Wildman–Crippen MR) is 76.0 cm³/mol. The Labute approximate surface area is 112 Å². The predicted octanol–water partition coefficient (Wildman–Crippen LogP) is 3.10. The van der Waals surface area contributed by atoms with Gasteiger partial charge in [0, 0.05) is 12.7 Å². The van der Waals surface area contributed by atoms with Crippen LogP contribution in [0.2, 0.25) is 0 Å². The van der Waals surface area contributed by atoms with Gasteiger partial charge in [-0.15, -0.1) is 11.8 Å². The van der Waals surface area contributed by atoms with Crippen molar-refractivity contribution in [2.75, 3.05) is 13.4 Å². The molecule has 4 heteroatoms. The maximum absolute atomic E-state index is 7.84. The zero-order chi connectivity index (χ0) is 13.1. The minimum Gasteiger partial charge on any atom is -0.487 e. The number of thioether (sulfide) groups is 1. The monoisotopic (exact) mass is 265 g/mol. The molecule has 1 aromatic rings. The molecule has 1 aliphatic heterocycles.